The average Bonchev–Trinajstić information content (AvgIpc) is 2.98. The molecule has 1 fully saturated rings. The van der Waals surface area contributed by atoms with Gasteiger partial charge >= 0.3 is 5.97 Å². The van der Waals surface area contributed by atoms with Crippen LogP contribution >= 0.6 is 0 Å². The molecule has 0 aliphatic carbocycles. The molecule has 1 aromatic carbocycles. The number of nitrogens with one attached hydrogen (secondary N) is 1. The Morgan fingerprint density at radius 3 is 2.95 bits per heavy atom. The lowest BCUT2D eigenvalue weighted by molar-refractivity contribution is -0.139. The third kappa shape index (κ3) is 2.48. The molecule has 104 valence electrons. The van der Waals surface area contributed by atoms with Gasteiger partial charge in [-0.05, 0) is 17.3 Å². The largest absolute Gasteiger partial charge is 0.480 e. The summed E-state index contributed by atoms with van der Waals surface area (Å²) < 4.78 is 5.23. The number of carbonyl (C=O) groups is 1. The summed E-state index contributed by atoms with van der Waals surface area (Å²) in [7, 11) is 0. The van der Waals surface area contributed by atoms with E-state index in [-0.39, 0.29) is 0 Å². The van der Waals surface area contributed by atoms with Gasteiger partial charge in [0.25, 0.3) is 11.8 Å². The number of aromatic nitrogens is 2. The zero-order valence-electron chi connectivity index (χ0n) is 10.7. The first-order valence-corrected chi connectivity index (χ1v) is 6.34. The molecule has 1 saturated heterocycles. The first-order valence-electron chi connectivity index (χ1n) is 6.34. The number of hydrogen-bond donors (Lipinski definition) is 2. The van der Waals surface area contributed by atoms with Crippen molar-refractivity contribution in [3.05, 3.63) is 30.3 Å². The Labute approximate surface area is 115 Å². The number of nitrogens with zero attached hydrogens (tertiary/aromatic N) is 3. The molecule has 3 rings (SSSR count). The standard InChI is InChI=1S/C13H14N4O3/c18-12(19)10-8-17(7-6-14-10)13-15-11(20-16-13)9-4-2-1-3-5-9/h1-5,10,14H,6-8H2,(H,18,19). The number of rotatable bonds is 3. The molecule has 7 heteroatoms. The van der Waals surface area contributed by atoms with Gasteiger partial charge in [0.05, 0.1) is 0 Å². The fourth-order valence-electron chi connectivity index (χ4n) is 2.14. The van der Waals surface area contributed by atoms with Crippen molar-refractivity contribution in [2.45, 2.75) is 6.04 Å². The van der Waals surface area contributed by atoms with E-state index in [1.807, 2.05) is 35.2 Å². The number of carboxylic acids is 1. The van der Waals surface area contributed by atoms with Crippen LogP contribution in [0.15, 0.2) is 34.9 Å². The molecule has 1 unspecified atom stereocenters. The van der Waals surface area contributed by atoms with Crippen LogP contribution in [0.25, 0.3) is 11.5 Å². The topological polar surface area (TPSA) is 91.5 Å². The van der Waals surface area contributed by atoms with Gasteiger partial charge in [-0.25, -0.2) is 0 Å². The third-order valence-corrected chi connectivity index (χ3v) is 3.19. The molecule has 7 nitrogen and oxygen atoms in total. The van der Waals surface area contributed by atoms with Crippen molar-refractivity contribution in [2.24, 2.45) is 0 Å². The molecule has 0 amide bonds. The Bertz CT molecular complexity index is 599. The van der Waals surface area contributed by atoms with Gasteiger partial charge in [0.15, 0.2) is 0 Å². The van der Waals surface area contributed by atoms with Crippen molar-refractivity contribution in [1.29, 1.82) is 0 Å². The van der Waals surface area contributed by atoms with Crippen molar-refractivity contribution >= 4 is 11.9 Å². The van der Waals surface area contributed by atoms with Crippen LogP contribution in [0.2, 0.25) is 0 Å². The molecule has 1 aliphatic heterocycles. The molecule has 0 spiro atoms. The zero-order chi connectivity index (χ0) is 13.9. The number of carboxylic acid groups (broad SMARTS) is 1. The van der Waals surface area contributed by atoms with E-state index in [4.69, 9.17) is 9.63 Å². The average molecular weight is 274 g/mol. The summed E-state index contributed by atoms with van der Waals surface area (Å²) in [6.45, 7) is 1.55. The minimum atomic E-state index is -0.874. The molecule has 0 radical (unpaired) electrons. The quantitative estimate of drug-likeness (QED) is 0.846. The summed E-state index contributed by atoms with van der Waals surface area (Å²) >= 11 is 0. The highest BCUT2D eigenvalue weighted by atomic mass is 16.5. The molecule has 2 N–H and O–H groups in total. The Morgan fingerprint density at radius 2 is 2.20 bits per heavy atom. The van der Waals surface area contributed by atoms with Crippen LogP contribution in [0.3, 0.4) is 0 Å². The molecule has 1 atom stereocenters. The third-order valence-electron chi connectivity index (χ3n) is 3.19. The lowest BCUT2D eigenvalue weighted by atomic mass is 10.2. The SMILES string of the molecule is O=C(O)C1CN(c2noc(-c3ccccc3)n2)CCN1. The van der Waals surface area contributed by atoms with Gasteiger partial charge in [-0.1, -0.05) is 18.2 Å². The maximum absolute atomic E-state index is 11.0. The molecular weight excluding hydrogens is 260 g/mol. The second-order valence-corrected chi connectivity index (χ2v) is 4.56. The fourth-order valence-corrected chi connectivity index (χ4v) is 2.14. The van der Waals surface area contributed by atoms with Crippen LogP contribution in [0, 0.1) is 0 Å². The van der Waals surface area contributed by atoms with Crippen molar-refractivity contribution in [3.63, 3.8) is 0 Å². The van der Waals surface area contributed by atoms with Crippen LogP contribution in [-0.4, -0.2) is 46.9 Å². The number of benzene rings is 1. The first kappa shape index (κ1) is 12.6. The summed E-state index contributed by atoms with van der Waals surface area (Å²) in [5, 5.41) is 15.9. The van der Waals surface area contributed by atoms with Gasteiger partial charge in [0, 0.05) is 25.2 Å². The second kappa shape index (κ2) is 5.30. The molecule has 2 aromatic rings. The fraction of sp³-hybridized carbons (Fsp3) is 0.308. The summed E-state index contributed by atoms with van der Waals surface area (Å²) in [6, 6.07) is 8.86. The predicted octanol–water partition coefficient (Wildman–Crippen LogP) is 0.599. The van der Waals surface area contributed by atoms with Crippen LogP contribution in [0.5, 0.6) is 0 Å². The normalized spacial score (nSPS) is 19.0. The molecule has 2 heterocycles. The van der Waals surface area contributed by atoms with E-state index in [1.54, 1.807) is 0 Å². The van der Waals surface area contributed by atoms with Crippen LogP contribution in [-0.2, 0) is 4.79 Å². The lowest BCUT2D eigenvalue weighted by Gasteiger charge is -2.30. The van der Waals surface area contributed by atoms with E-state index in [9.17, 15) is 4.79 Å². The van der Waals surface area contributed by atoms with E-state index >= 15 is 0 Å². The van der Waals surface area contributed by atoms with Gasteiger partial charge in [-0.3, -0.25) is 4.79 Å². The number of piperazine rings is 1. The maximum Gasteiger partial charge on any atom is 0.322 e. The number of hydrogen-bond acceptors (Lipinski definition) is 6. The van der Waals surface area contributed by atoms with Crippen molar-refractivity contribution in [2.75, 3.05) is 24.5 Å². The van der Waals surface area contributed by atoms with E-state index in [0.717, 1.165) is 5.56 Å². The van der Waals surface area contributed by atoms with Crippen molar-refractivity contribution < 1.29 is 14.4 Å². The highest BCUT2D eigenvalue weighted by Crippen LogP contribution is 2.20. The summed E-state index contributed by atoms with van der Waals surface area (Å²) in [5.74, 6) is -0.0101. The van der Waals surface area contributed by atoms with E-state index < -0.39 is 12.0 Å². The van der Waals surface area contributed by atoms with Gasteiger partial charge in [0.2, 0.25) is 0 Å². The van der Waals surface area contributed by atoms with Crippen LogP contribution in [0.1, 0.15) is 0 Å². The van der Waals surface area contributed by atoms with E-state index in [0.29, 0.717) is 31.5 Å². The summed E-state index contributed by atoms with van der Waals surface area (Å²) in [5.41, 5.74) is 0.844. The Hall–Kier alpha value is -2.41. The molecule has 1 aliphatic rings. The minimum Gasteiger partial charge on any atom is -0.480 e. The molecule has 0 bridgehead atoms. The maximum atomic E-state index is 11.0. The van der Waals surface area contributed by atoms with Gasteiger partial charge in [0.1, 0.15) is 6.04 Å². The number of aliphatic carboxylic acids is 1. The second-order valence-electron chi connectivity index (χ2n) is 4.56. The monoisotopic (exact) mass is 274 g/mol. The predicted molar refractivity (Wildman–Crippen MR) is 71.4 cm³/mol. The smallest absolute Gasteiger partial charge is 0.322 e. The Kier molecular flexibility index (Phi) is 3.34. The number of anilines is 1. The van der Waals surface area contributed by atoms with Crippen molar-refractivity contribution in [3.8, 4) is 11.5 Å². The van der Waals surface area contributed by atoms with Crippen LogP contribution in [0.4, 0.5) is 5.95 Å². The van der Waals surface area contributed by atoms with Gasteiger partial charge < -0.3 is 19.8 Å². The van der Waals surface area contributed by atoms with Crippen LogP contribution < -0.4 is 10.2 Å². The highest BCUT2D eigenvalue weighted by molar-refractivity contribution is 5.74. The summed E-state index contributed by atoms with van der Waals surface area (Å²) in [6.07, 6.45) is 0. The minimum absolute atomic E-state index is 0.323. The zero-order valence-corrected chi connectivity index (χ0v) is 10.7. The molecule has 0 saturated carbocycles. The molecular formula is C13H14N4O3. The van der Waals surface area contributed by atoms with E-state index in [2.05, 4.69) is 15.5 Å². The first-order chi connectivity index (χ1) is 9.74. The molecule has 1 aromatic heterocycles. The lowest BCUT2D eigenvalue weighted by Crippen LogP contribution is -2.54. The van der Waals surface area contributed by atoms with E-state index in [1.165, 1.54) is 0 Å². The Balaban J connectivity index is 1.78. The highest BCUT2D eigenvalue weighted by Gasteiger charge is 2.27. The van der Waals surface area contributed by atoms with Crippen molar-refractivity contribution in [1.82, 2.24) is 15.5 Å². The van der Waals surface area contributed by atoms with Gasteiger partial charge in [-0.2, -0.15) is 4.98 Å². The van der Waals surface area contributed by atoms with Gasteiger partial charge in [-0.15, -0.1) is 0 Å². The Morgan fingerprint density at radius 1 is 1.40 bits per heavy atom. The summed E-state index contributed by atoms with van der Waals surface area (Å²) in [4.78, 5) is 17.1. The molecule has 20 heavy (non-hydrogen) atoms.